The fourth-order valence-corrected chi connectivity index (χ4v) is 7.02. The molecule has 0 saturated heterocycles. The number of rotatable bonds is 5. The zero-order chi connectivity index (χ0) is 22.9. The third-order valence-corrected chi connectivity index (χ3v) is 8.90. The van der Waals surface area contributed by atoms with Crippen molar-refractivity contribution in [2.24, 2.45) is 0 Å². The monoisotopic (exact) mass is 513 g/mol. The summed E-state index contributed by atoms with van der Waals surface area (Å²) < 4.78 is 1.11. The number of halogens is 1. The van der Waals surface area contributed by atoms with E-state index < -0.39 is 0 Å². The molecule has 1 aliphatic rings. The molecule has 1 N–H and O–H groups in total. The maximum Gasteiger partial charge on any atom is 0.235 e. The molecule has 0 fully saturated rings. The minimum Gasteiger partial charge on any atom is -0.337 e. The molecule has 5 rings (SSSR count). The lowest BCUT2D eigenvalue weighted by Gasteiger charge is -2.26. The van der Waals surface area contributed by atoms with Gasteiger partial charge in [0, 0.05) is 33.8 Å². The molecule has 2 amide bonds. The number of carbonyl (C=O) groups is 2. The SMILES string of the molecule is CC(=O)N1CCc2c(sc(NC(=O)CSc3ccc(Cl)cc3)c2-c2nc3ccccc3s2)C1. The number of hydrogen-bond donors (Lipinski definition) is 1. The van der Waals surface area contributed by atoms with E-state index in [-0.39, 0.29) is 11.8 Å². The molecule has 0 spiro atoms. The van der Waals surface area contributed by atoms with Crippen molar-refractivity contribution >= 4 is 73.1 Å². The first-order valence-corrected chi connectivity index (χ1v) is 13.4. The smallest absolute Gasteiger partial charge is 0.235 e. The zero-order valence-electron chi connectivity index (χ0n) is 17.8. The highest BCUT2D eigenvalue weighted by Gasteiger charge is 2.28. The number of carbonyl (C=O) groups excluding carboxylic acids is 2. The molecular weight excluding hydrogens is 494 g/mol. The first-order chi connectivity index (χ1) is 16.0. The molecule has 0 aliphatic carbocycles. The standard InChI is InChI=1S/C24H20ClN3O2S3/c1-14(29)28-11-10-17-20(12-28)33-24(22(17)23-26-18-4-2-3-5-19(18)32-23)27-21(30)13-31-16-8-6-15(25)7-9-16/h2-9H,10-13H2,1H3,(H,27,30). The second-order valence-electron chi connectivity index (χ2n) is 7.68. The average Bonchev–Trinajstić information content (AvgIpc) is 3.38. The van der Waals surface area contributed by atoms with Crippen LogP contribution in [0.15, 0.2) is 53.4 Å². The van der Waals surface area contributed by atoms with E-state index in [4.69, 9.17) is 16.6 Å². The van der Waals surface area contributed by atoms with Crippen LogP contribution in [-0.4, -0.2) is 34.0 Å². The van der Waals surface area contributed by atoms with Crippen LogP contribution < -0.4 is 5.32 Å². The van der Waals surface area contributed by atoms with E-state index in [1.807, 2.05) is 47.4 Å². The molecule has 0 radical (unpaired) electrons. The van der Waals surface area contributed by atoms with Crippen LogP contribution in [-0.2, 0) is 22.6 Å². The molecule has 3 heterocycles. The van der Waals surface area contributed by atoms with E-state index in [1.54, 1.807) is 29.6 Å². The van der Waals surface area contributed by atoms with Gasteiger partial charge >= 0.3 is 0 Å². The van der Waals surface area contributed by atoms with Crippen molar-refractivity contribution in [1.82, 2.24) is 9.88 Å². The number of aromatic nitrogens is 1. The summed E-state index contributed by atoms with van der Waals surface area (Å²) in [5.74, 6) is 0.295. The van der Waals surface area contributed by atoms with Crippen molar-refractivity contribution in [3.8, 4) is 10.6 Å². The molecule has 0 saturated carbocycles. The third-order valence-electron chi connectivity index (χ3n) is 5.45. The van der Waals surface area contributed by atoms with Crippen LogP contribution in [0.4, 0.5) is 5.00 Å². The first kappa shape index (κ1) is 22.4. The fraction of sp³-hybridized carbons (Fsp3) is 0.208. The van der Waals surface area contributed by atoms with Gasteiger partial charge < -0.3 is 10.2 Å². The number of thioether (sulfide) groups is 1. The van der Waals surface area contributed by atoms with Crippen molar-refractivity contribution in [3.63, 3.8) is 0 Å². The molecule has 0 atom stereocenters. The third kappa shape index (κ3) is 4.80. The number of hydrogen-bond acceptors (Lipinski definition) is 6. The van der Waals surface area contributed by atoms with Crippen LogP contribution in [0, 0.1) is 0 Å². The fourth-order valence-electron chi connectivity index (χ4n) is 3.81. The minimum absolute atomic E-state index is 0.0699. The predicted octanol–water partition coefficient (Wildman–Crippen LogP) is 6.31. The Kier molecular flexibility index (Phi) is 6.42. The Labute approximate surface area is 208 Å². The number of amides is 2. The van der Waals surface area contributed by atoms with Gasteiger partial charge in [0.1, 0.15) is 10.0 Å². The molecule has 1 aliphatic heterocycles. The Morgan fingerprint density at radius 3 is 2.70 bits per heavy atom. The van der Waals surface area contributed by atoms with Gasteiger partial charge in [0.15, 0.2) is 0 Å². The lowest BCUT2D eigenvalue weighted by molar-refractivity contribution is -0.129. The van der Waals surface area contributed by atoms with Crippen molar-refractivity contribution in [2.45, 2.75) is 24.8 Å². The maximum atomic E-state index is 12.9. The molecule has 0 unspecified atom stereocenters. The number of fused-ring (bicyclic) bond motifs is 2. The summed E-state index contributed by atoms with van der Waals surface area (Å²) in [6.45, 7) is 2.85. The molecule has 2 aromatic carbocycles. The zero-order valence-corrected chi connectivity index (χ0v) is 21.0. The van der Waals surface area contributed by atoms with Gasteiger partial charge in [-0.05, 0) is 48.4 Å². The number of thiophene rings is 1. The largest absolute Gasteiger partial charge is 0.337 e. The van der Waals surface area contributed by atoms with Crippen LogP contribution in [0.3, 0.4) is 0 Å². The van der Waals surface area contributed by atoms with Crippen LogP contribution in [0.5, 0.6) is 0 Å². The van der Waals surface area contributed by atoms with Gasteiger partial charge in [0.2, 0.25) is 11.8 Å². The van der Waals surface area contributed by atoms with E-state index in [9.17, 15) is 9.59 Å². The van der Waals surface area contributed by atoms with Crippen LogP contribution >= 0.6 is 46.0 Å². The summed E-state index contributed by atoms with van der Waals surface area (Å²) in [7, 11) is 0. The molecule has 0 bridgehead atoms. The van der Waals surface area contributed by atoms with Crippen molar-refractivity contribution in [1.29, 1.82) is 0 Å². The molecule has 2 aromatic heterocycles. The molecule has 33 heavy (non-hydrogen) atoms. The number of benzene rings is 2. The normalized spacial score (nSPS) is 13.2. The quantitative estimate of drug-likeness (QED) is 0.317. The number of para-hydroxylation sites is 1. The summed E-state index contributed by atoms with van der Waals surface area (Å²) in [6, 6.07) is 15.5. The van der Waals surface area contributed by atoms with E-state index in [2.05, 4.69) is 11.4 Å². The van der Waals surface area contributed by atoms with Gasteiger partial charge in [-0.15, -0.1) is 34.4 Å². The van der Waals surface area contributed by atoms with Crippen molar-refractivity contribution < 1.29 is 9.59 Å². The number of thiazole rings is 1. The van der Waals surface area contributed by atoms with Gasteiger partial charge in [-0.1, -0.05) is 23.7 Å². The Bertz CT molecular complexity index is 1310. The van der Waals surface area contributed by atoms with Crippen LogP contribution in [0.1, 0.15) is 17.4 Å². The highest BCUT2D eigenvalue weighted by atomic mass is 35.5. The van der Waals surface area contributed by atoms with E-state index in [0.717, 1.165) is 42.0 Å². The van der Waals surface area contributed by atoms with Gasteiger partial charge in [-0.2, -0.15) is 0 Å². The average molecular weight is 514 g/mol. The summed E-state index contributed by atoms with van der Waals surface area (Å²) in [5.41, 5.74) is 3.15. The number of anilines is 1. The van der Waals surface area contributed by atoms with Crippen molar-refractivity contribution in [2.75, 3.05) is 17.6 Å². The predicted molar refractivity (Wildman–Crippen MR) is 139 cm³/mol. The molecule has 5 nitrogen and oxygen atoms in total. The van der Waals surface area contributed by atoms with Gasteiger partial charge in [-0.3, -0.25) is 9.59 Å². The summed E-state index contributed by atoms with van der Waals surface area (Å²) in [4.78, 5) is 33.6. The van der Waals surface area contributed by atoms with Crippen molar-refractivity contribution in [3.05, 3.63) is 64.0 Å². The highest BCUT2D eigenvalue weighted by molar-refractivity contribution is 8.00. The van der Waals surface area contributed by atoms with Crippen LogP contribution in [0.2, 0.25) is 5.02 Å². The van der Waals surface area contributed by atoms with Crippen LogP contribution in [0.25, 0.3) is 20.8 Å². The Hall–Kier alpha value is -2.39. The molecule has 9 heteroatoms. The number of nitrogens with zero attached hydrogens (tertiary/aromatic N) is 2. The second-order valence-corrected chi connectivity index (χ2v) is 11.3. The van der Waals surface area contributed by atoms with Gasteiger partial charge in [0.05, 0.1) is 22.5 Å². The lowest BCUT2D eigenvalue weighted by Crippen LogP contribution is -2.33. The summed E-state index contributed by atoms with van der Waals surface area (Å²) in [6.07, 6.45) is 0.756. The second kappa shape index (κ2) is 9.46. The minimum atomic E-state index is -0.0701. The number of nitrogens with one attached hydrogen (secondary N) is 1. The molecular formula is C24H20ClN3O2S3. The Morgan fingerprint density at radius 2 is 1.94 bits per heavy atom. The topological polar surface area (TPSA) is 62.3 Å². The molecule has 168 valence electrons. The Balaban J connectivity index is 1.44. The maximum absolute atomic E-state index is 12.9. The Morgan fingerprint density at radius 1 is 1.15 bits per heavy atom. The van der Waals surface area contributed by atoms with E-state index >= 15 is 0 Å². The molecule has 4 aromatic rings. The lowest BCUT2D eigenvalue weighted by atomic mass is 10.0. The summed E-state index contributed by atoms with van der Waals surface area (Å²) >= 11 is 10.6. The highest BCUT2D eigenvalue weighted by Crippen LogP contribution is 2.45. The summed E-state index contributed by atoms with van der Waals surface area (Å²) in [5, 5.41) is 5.53. The first-order valence-electron chi connectivity index (χ1n) is 10.4. The van der Waals surface area contributed by atoms with E-state index in [0.29, 0.717) is 23.9 Å². The van der Waals surface area contributed by atoms with E-state index in [1.165, 1.54) is 17.3 Å². The van der Waals surface area contributed by atoms with Gasteiger partial charge in [-0.25, -0.2) is 4.98 Å². The van der Waals surface area contributed by atoms with Gasteiger partial charge in [0.25, 0.3) is 0 Å².